The highest BCUT2D eigenvalue weighted by Crippen LogP contribution is 2.16. The maximum Gasteiger partial charge on any atom is 0.258 e. The maximum atomic E-state index is 12.3. The molecule has 0 bridgehead atoms. The van der Waals surface area contributed by atoms with Gasteiger partial charge in [-0.25, -0.2) is 0 Å². The molecule has 2 heteroatoms. The Kier molecular flexibility index (Phi) is 2.38. The highest BCUT2D eigenvalue weighted by molar-refractivity contribution is 5.82. The minimum absolute atomic E-state index is 0.0914. The van der Waals surface area contributed by atoms with E-state index >= 15 is 0 Å². The quantitative estimate of drug-likeness (QED) is 0.662. The molecular formula is C14H17NO. The van der Waals surface area contributed by atoms with Crippen LogP contribution >= 0.6 is 0 Å². The normalized spacial score (nSPS) is 12.0. The molecule has 2 rings (SSSR count). The van der Waals surface area contributed by atoms with Crippen LogP contribution < -0.4 is 5.56 Å². The molecule has 0 aliphatic carbocycles. The molecule has 0 amide bonds. The lowest BCUT2D eigenvalue weighted by molar-refractivity contribution is 0.386. The van der Waals surface area contributed by atoms with Crippen molar-refractivity contribution in [3.8, 4) is 0 Å². The van der Waals surface area contributed by atoms with Crippen molar-refractivity contribution in [1.29, 1.82) is 0 Å². The fourth-order valence-electron chi connectivity index (χ4n) is 1.88. The molecule has 0 aliphatic heterocycles. The molecule has 0 saturated carbocycles. The zero-order chi connectivity index (χ0) is 11.9. The van der Waals surface area contributed by atoms with Crippen LogP contribution in [-0.4, -0.2) is 4.57 Å². The van der Waals surface area contributed by atoms with Crippen LogP contribution in [0.2, 0.25) is 0 Å². The molecule has 0 unspecified atom stereocenters. The minimum Gasteiger partial charge on any atom is -0.310 e. The number of hydrogen-bond donors (Lipinski definition) is 0. The van der Waals surface area contributed by atoms with E-state index in [4.69, 9.17) is 0 Å². The third kappa shape index (κ3) is 1.75. The van der Waals surface area contributed by atoms with Crippen molar-refractivity contribution in [2.24, 2.45) is 0 Å². The summed E-state index contributed by atoms with van der Waals surface area (Å²) >= 11 is 0. The third-order valence-electron chi connectivity index (χ3n) is 2.78. The number of aromatic nitrogens is 1. The first-order valence-electron chi connectivity index (χ1n) is 5.52. The van der Waals surface area contributed by atoms with Crippen molar-refractivity contribution in [2.45, 2.75) is 33.2 Å². The first-order chi connectivity index (χ1) is 7.39. The molecule has 0 radical (unpaired) electrons. The Labute approximate surface area is 95.5 Å². The van der Waals surface area contributed by atoms with E-state index in [-0.39, 0.29) is 11.1 Å². The van der Waals surface area contributed by atoms with Gasteiger partial charge in [-0.1, -0.05) is 17.7 Å². The SMILES string of the molecule is Cc1ccc2ccn(C(C)(C)C)c(=O)c2c1. The molecule has 1 heterocycles. The Morgan fingerprint density at radius 2 is 1.81 bits per heavy atom. The monoisotopic (exact) mass is 215 g/mol. The van der Waals surface area contributed by atoms with Gasteiger partial charge < -0.3 is 4.57 Å². The molecule has 16 heavy (non-hydrogen) atoms. The van der Waals surface area contributed by atoms with E-state index in [1.165, 1.54) is 0 Å². The van der Waals surface area contributed by atoms with E-state index < -0.39 is 0 Å². The summed E-state index contributed by atoms with van der Waals surface area (Å²) in [5.74, 6) is 0. The maximum absolute atomic E-state index is 12.3. The van der Waals surface area contributed by atoms with Crippen molar-refractivity contribution >= 4 is 10.8 Å². The second-order valence-electron chi connectivity index (χ2n) is 5.25. The van der Waals surface area contributed by atoms with E-state index in [1.807, 2.05) is 58.2 Å². The molecule has 2 nitrogen and oxygen atoms in total. The Hall–Kier alpha value is -1.57. The topological polar surface area (TPSA) is 22.0 Å². The van der Waals surface area contributed by atoms with Gasteiger partial charge in [0.15, 0.2) is 0 Å². The summed E-state index contributed by atoms with van der Waals surface area (Å²) in [4.78, 5) is 12.3. The van der Waals surface area contributed by atoms with E-state index in [0.717, 1.165) is 16.3 Å². The van der Waals surface area contributed by atoms with E-state index in [1.54, 1.807) is 4.57 Å². The lowest BCUT2D eigenvalue weighted by Gasteiger charge is -2.22. The fourth-order valence-corrected chi connectivity index (χ4v) is 1.88. The van der Waals surface area contributed by atoms with Gasteiger partial charge in [-0.3, -0.25) is 4.79 Å². The second-order valence-corrected chi connectivity index (χ2v) is 5.25. The molecule has 0 spiro atoms. The lowest BCUT2D eigenvalue weighted by atomic mass is 10.1. The summed E-state index contributed by atoms with van der Waals surface area (Å²) in [6.45, 7) is 8.12. The van der Waals surface area contributed by atoms with Gasteiger partial charge in [0.05, 0.1) is 0 Å². The number of nitrogens with zero attached hydrogens (tertiary/aromatic N) is 1. The predicted octanol–water partition coefficient (Wildman–Crippen LogP) is 3.06. The highest BCUT2D eigenvalue weighted by atomic mass is 16.1. The zero-order valence-corrected chi connectivity index (χ0v) is 10.2. The lowest BCUT2D eigenvalue weighted by Crippen LogP contribution is -2.33. The van der Waals surface area contributed by atoms with Crippen LogP contribution in [0, 0.1) is 6.92 Å². The molecule has 1 aromatic heterocycles. The van der Waals surface area contributed by atoms with Crippen molar-refractivity contribution in [3.63, 3.8) is 0 Å². The van der Waals surface area contributed by atoms with Crippen LogP contribution in [0.5, 0.6) is 0 Å². The van der Waals surface area contributed by atoms with E-state index in [0.29, 0.717) is 0 Å². The highest BCUT2D eigenvalue weighted by Gasteiger charge is 2.15. The van der Waals surface area contributed by atoms with Gasteiger partial charge in [-0.2, -0.15) is 0 Å². The fraction of sp³-hybridized carbons (Fsp3) is 0.357. The van der Waals surface area contributed by atoms with Crippen LogP contribution in [0.25, 0.3) is 10.8 Å². The minimum atomic E-state index is -0.172. The van der Waals surface area contributed by atoms with E-state index in [9.17, 15) is 4.79 Å². The van der Waals surface area contributed by atoms with E-state index in [2.05, 4.69) is 0 Å². The number of rotatable bonds is 0. The Morgan fingerprint density at radius 1 is 1.12 bits per heavy atom. The third-order valence-corrected chi connectivity index (χ3v) is 2.78. The first kappa shape index (κ1) is 10.9. The molecule has 2 aromatic rings. The predicted molar refractivity (Wildman–Crippen MR) is 67.9 cm³/mol. The Balaban J connectivity index is 2.84. The van der Waals surface area contributed by atoms with Crippen LogP contribution in [0.15, 0.2) is 35.3 Å². The Bertz CT molecular complexity index is 588. The van der Waals surface area contributed by atoms with Crippen molar-refractivity contribution < 1.29 is 0 Å². The van der Waals surface area contributed by atoms with Crippen molar-refractivity contribution in [3.05, 3.63) is 46.4 Å². The summed E-state index contributed by atoms with van der Waals surface area (Å²) in [5.41, 5.74) is 1.04. The molecule has 1 aromatic carbocycles. The van der Waals surface area contributed by atoms with Crippen molar-refractivity contribution in [2.75, 3.05) is 0 Å². The van der Waals surface area contributed by atoms with Gasteiger partial charge in [0, 0.05) is 17.1 Å². The molecule has 0 N–H and O–H groups in total. The first-order valence-corrected chi connectivity index (χ1v) is 5.52. The molecule has 0 fully saturated rings. The summed E-state index contributed by atoms with van der Waals surface area (Å²) < 4.78 is 1.79. The smallest absolute Gasteiger partial charge is 0.258 e. The van der Waals surface area contributed by atoms with Gasteiger partial charge in [0.25, 0.3) is 5.56 Å². The average molecular weight is 215 g/mol. The van der Waals surface area contributed by atoms with Crippen LogP contribution in [0.3, 0.4) is 0 Å². The number of hydrogen-bond acceptors (Lipinski definition) is 1. The van der Waals surface area contributed by atoms with Crippen LogP contribution in [0.4, 0.5) is 0 Å². The summed E-state index contributed by atoms with van der Waals surface area (Å²) in [6.07, 6.45) is 1.88. The molecule has 0 saturated heterocycles. The average Bonchev–Trinajstić information content (AvgIpc) is 2.17. The van der Waals surface area contributed by atoms with Gasteiger partial charge in [0.2, 0.25) is 0 Å². The molecule has 0 atom stereocenters. The Morgan fingerprint density at radius 3 is 2.44 bits per heavy atom. The van der Waals surface area contributed by atoms with Crippen molar-refractivity contribution in [1.82, 2.24) is 4.57 Å². The zero-order valence-electron chi connectivity index (χ0n) is 10.2. The number of fused-ring (bicyclic) bond motifs is 1. The molecule has 84 valence electrons. The number of pyridine rings is 1. The van der Waals surface area contributed by atoms with Gasteiger partial charge in [-0.05, 0) is 45.2 Å². The summed E-state index contributed by atoms with van der Waals surface area (Å²) in [5, 5.41) is 1.81. The van der Waals surface area contributed by atoms with Crippen LogP contribution in [0.1, 0.15) is 26.3 Å². The van der Waals surface area contributed by atoms with Gasteiger partial charge >= 0.3 is 0 Å². The molecule has 0 aliphatic rings. The second kappa shape index (κ2) is 3.48. The van der Waals surface area contributed by atoms with Crippen LogP contribution in [-0.2, 0) is 5.54 Å². The molecular weight excluding hydrogens is 198 g/mol. The number of aryl methyl sites for hydroxylation is 1. The van der Waals surface area contributed by atoms with Gasteiger partial charge in [-0.15, -0.1) is 0 Å². The standard InChI is InChI=1S/C14H17NO/c1-10-5-6-11-7-8-15(14(2,3)4)13(16)12(11)9-10/h5-9H,1-4H3. The summed E-state index contributed by atoms with van der Waals surface area (Å²) in [6, 6.07) is 7.99. The summed E-state index contributed by atoms with van der Waals surface area (Å²) in [7, 11) is 0. The largest absolute Gasteiger partial charge is 0.310 e. The number of benzene rings is 1. The van der Waals surface area contributed by atoms with Gasteiger partial charge in [0.1, 0.15) is 0 Å².